The highest BCUT2D eigenvalue weighted by Crippen LogP contribution is 2.32. The van der Waals surface area contributed by atoms with Crippen LogP contribution in [0.15, 0.2) is 18.2 Å². The zero-order chi connectivity index (χ0) is 17.6. The molecule has 25 heavy (non-hydrogen) atoms. The second-order valence-corrected chi connectivity index (χ2v) is 7.18. The maximum Gasteiger partial charge on any atom is 0.264 e. The van der Waals surface area contributed by atoms with Gasteiger partial charge in [0, 0.05) is 39.8 Å². The number of fused-ring (bicyclic) bond motifs is 1. The SMILES string of the molecule is CCCCCN1CCN(CCc2ccc3c(c2)OCC(=O)N3C)CC1. The molecule has 0 spiro atoms. The molecule has 0 unspecified atom stereocenters. The highest BCUT2D eigenvalue weighted by Gasteiger charge is 2.22. The highest BCUT2D eigenvalue weighted by atomic mass is 16.5. The zero-order valence-electron chi connectivity index (χ0n) is 15.7. The van der Waals surface area contributed by atoms with Crippen LogP contribution in [0.4, 0.5) is 5.69 Å². The lowest BCUT2D eigenvalue weighted by Crippen LogP contribution is -2.47. The molecule has 2 aliphatic heterocycles. The summed E-state index contributed by atoms with van der Waals surface area (Å²) < 4.78 is 5.59. The quantitative estimate of drug-likeness (QED) is 0.711. The number of carbonyl (C=O) groups excluding carboxylic acids is 1. The number of unbranched alkanes of at least 4 members (excludes halogenated alkanes) is 2. The molecular formula is C20H31N3O2. The third kappa shape index (κ3) is 4.73. The number of ether oxygens (including phenoxy) is 1. The van der Waals surface area contributed by atoms with Gasteiger partial charge in [0.05, 0.1) is 5.69 Å². The van der Waals surface area contributed by atoms with Gasteiger partial charge in [-0.1, -0.05) is 25.8 Å². The number of rotatable bonds is 7. The van der Waals surface area contributed by atoms with Crippen LogP contribution < -0.4 is 9.64 Å². The van der Waals surface area contributed by atoms with Gasteiger partial charge in [-0.2, -0.15) is 0 Å². The molecule has 2 aliphatic rings. The van der Waals surface area contributed by atoms with Crippen LogP contribution in [0.3, 0.4) is 0 Å². The van der Waals surface area contributed by atoms with Gasteiger partial charge in [0.25, 0.3) is 5.91 Å². The highest BCUT2D eigenvalue weighted by molar-refractivity contribution is 5.97. The molecule has 5 nitrogen and oxygen atoms in total. The summed E-state index contributed by atoms with van der Waals surface area (Å²) in [6.07, 6.45) is 5.02. The van der Waals surface area contributed by atoms with Gasteiger partial charge < -0.3 is 19.4 Å². The molecule has 0 radical (unpaired) electrons. The number of hydrogen-bond donors (Lipinski definition) is 0. The molecule has 3 rings (SSSR count). The average molecular weight is 345 g/mol. The van der Waals surface area contributed by atoms with Crippen molar-refractivity contribution in [1.29, 1.82) is 0 Å². The van der Waals surface area contributed by atoms with E-state index in [2.05, 4.69) is 28.9 Å². The minimum absolute atomic E-state index is 0.0112. The van der Waals surface area contributed by atoms with Crippen LogP contribution in [0.2, 0.25) is 0 Å². The van der Waals surface area contributed by atoms with Gasteiger partial charge in [-0.3, -0.25) is 4.79 Å². The number of amides is 1. The maximum absolute atomic E-state index is 11.7. The molecule has 0 aliphatic carbocycles. The van der Waals surface area contributed by atoms with Gasteiger partial charge in [-0.15, -0.1) is 0 Å². The maximum atomic E-state index is 11.7. The van der Waals surface area contributed by atoms with Crippen molar-refractivity contribution >= 4 is 11.6 Å². The molecule has 2 heterocycles. The molecule has 0 bridgehead atoms. The first-order valence-corrected chi connectivity index (χ1v) is 9.64. The molecule has 1 aromatic carbocycles. The number of nitrogens with zero attached hydrogens (tertiary/aromatic N) is 3. The van der Waals surface area contributed by atoms with Gasteiger partial charge in [0.2, 0.25) is 0 Å². The number of anilines is 1. The van der Waals surface area contributed by atoms with E-state index in [4.69, 9.17) is 4.74 Å². The molecule has 0 saturated carbocycles. The van der Waals surface area contributed by atoms with E-state index in [-0.39, 0.29) is 12.5 Å². The summed E-state index contributed by atoms with van der Waals surface area (Å²) in [5.41, 5.74) is 2.16. The van der Waals surface area contributed by atoms with Crippen LogP contribution in [-0.2, 0) is 11.2 Å². The van der Waals surface area contributed by atoms with E-state index < -0.39 is 0 Å². The molecular weight excluding hydrogens is 314 g/mol. The van der Waals surface area contributed by atoms with E-state index in [1.54, 1.807) is 4.90 Å². The van der Waals surface area contributed by atoms with Gasteiger partial charge in [0.1, 0.15) is 5.75 Å². The monoisotopic (exact) mass is 345 g/mol. The van der Waals surface area contributed by atoms with E-state index >= 15 is 0 Å². The van der Waals surface area contributed by atoms with Crippen LogP contribution in [0.1, 0.15) is 31.7 Å². The van der Waals surface area contributed by atoms with Crippen LogP contribution >= 0.6 is 0 Å². The summed E-state index contributed by atoms with van der Waals surface area (Å²) in [5, 5.41) is 0. The summed E-state index contributed by atoms with van der Waals surface area (Å²) in [6, 6.07) is 6.23. The van der Waals surface area contributed by atoms with Crippen molar-refractivity contribution in [3.63, 3.8) is 0 Å². The zero-order valence-corrected chi connectivity index (χ0v) is 15.7. The summed E-state index contributed by atoms with van der Waals surface area (Å²) in [7, 11) is 1.81. The first-order valence-electron chi connectivity index (χ1n) is 9.64. The minimum atomic E-state index is 0.0112. The van der Waals surface area contributed by atoms with Crippen molar-refractivity contribution in [2.45, 2.75) is 32.6 Å². The van der Waals surface area contributed by atoms with Crippen molar-refractivity contribution in [2.24, 2.45) is 0 Å². The number of hydrogen-bond acceptors (Lipinski definition) is 4. The summed E-state index contributed by atoms with van der Waals surface area (Å²) in [6.45, 7) is 9.50. The van der Waals surface area contributed by atoms with Gasteiger partial charge in [-0.05, 0) is 37.1 Å². The van der Waals surface area contributed by atoms with E-state index in [1.807, 2.05) is 13.1 Å². The lowest BCUT2D eigenvalue weighted by atomic mass is 10.1. The third-order valence-corrected chi connectivity index (χ3v) is 5.37. The summed E-state index contributed by atoms with van der Waals surface area (Å²) in [4.78, 5) is 18.5. The van der Waals surface area contributed by atoms with Crippen molar-refractivity contribution in [3.8, 4) is 5.75 Å². The molecule has 0 N–H and O–H groups in total. The Morgan fingerprint density at radius 2 is 1.76 bits per heavy atom. The molecule has 0 aromatic heterocycles. The first-order chi connectivity index (χ1) is 12.2. The van der Waals surface area contributed by atoms with E-state index in [1.165, 1.54) is 57.5 Å². The molecule has 5 heteroatoms. The Balaban J connectivity index is 1.45. The Hall–Kier alpha value is -1.59. The minimum Gasteiger partial charge on any atom is -0.482 e. The fourth-order valence-electron chi connectivity index (χ4n) is 3.59. The lowest BCUT2D eigenvalue weighted by molar-refractivity contribution is -0.120. The van der Waals surface area contributed by atoms with Crippen LogP contribution in [0.5, 0.6) is 5.75 Å². The van der Waals surface area contributed by atoms with Gasteiger partial charge in [0.15, 0.2) is 6.61 Å². The fourth-order valence-corrected chi connectivity index (χ4v) is 3.59. The molecule has 1 aromatic rings. The van der Waals surface area contributed by atoms with E-state index in [0.717, 1.165) is 24.4 Å². The summed E-state index contributed by atoms with van der Waals surface area (Å²) >= 11 is 0. The lowest BCUT2D eigenvalue weighted by Gasteiger charge is -2.34. The smallest absolute Gasteiger partial charge is 0.264 e. The summed E-state index contributed by atoms with van der Waals surface area (Å²) in [5.74, 6) is 0.845. The second kappa shape index (κ2) is 8.68. The first kappa shape index (κ1) is 18.2. The topological polar surface area (TPSA) is 36.0 Å². The Labute approximate surface area is 151 Å². The Morgan fingerprint density at radius 1 is 1.04 bits per heavy atom. The van der Waals surface area contributed by atoms with Gasteiger partial charge in [-0.25, -0.2) is 0 Å². The molecule has 0 atom stereocenters. The fraction of sp³-hybridized carbons (Fsp3) is 0.650. The van der Waals surface area contributed by atoms with Crippen LogP contribution in [0.25, 0.3) is 0 Å². The third-order valence-electron chi connectivity index (χ3n) is 5.37. The second-order valence-electron chi connectivity index (χ2n) is 7.18. The standard InChI is InChI=1S/C20H31N3O2/c1-3-4-5-9-22-11-13-23(14-12-22)10-8-17-6-7-18-19(15-17)25-16-20(24)21(18)2/h6-7,15H,3-5,8-14,16H2,1-2H3. The molecule has 1 amide bonds. The van der Waals surface area contributed by atoms with Crippen molar-refractivity contribution < 1.29 is 9.53 Å². The van der Waals surface area contributed by atoms with Crippen molar-refractivity contribution in [3.05, 3.63) is 23.8 Å². The van der Waals surface area contributed by atoms with Crippen LogP contribution in [-0.4, -0.2) is 68.6 Å². The number of piperazine rings is 1. The van der Waals surface area contributed by atoms with E-state index in [9.17, 15) is 4.79 Å². The Kier molecular flexibility index (Phi) is 6.32. The number of benzene rings is 1. The molecule has 138 valence electrons. The normalized spacial score (nSPS) is 19.0. The Bertz CT molecular complexity index is 582. The Morgan fingerprint density at radius 3 is 2.48 bits per heavy atom. The largest absolute Gasteiger partial charge is 0.482 e. The average Bonchev–Trinajstić information content (AvgIpc) is 2.64. The predicted octanol–water partition coefficient (Wildman–Crippen LogP) is 2.39. The van der Waals surface area contributed by atoms with Crippen LogP contribution in [0, 0.1) is 0 Å². The predicted molar refractivity (Wildman–Crippen MR) is 101 cm³/mol. The van der Waals surface area contributed by atoms with E-state index in [0.29, 0.717) is 0 Å². The van der Waals surface area contributed by atoms with Crippen molar-refractivity contribution in [1.82, 2.24) is 9.80 Å². The molecule has 1 fully saturated rings. The van der Waals surface area contributed by atoms with Crippen molar-refractivity contribution in [2.75, 3.05) is 57.8 Å². The number of carbonyl (C=O) groups is 1. The van der Waals surface area contributed by atoms with Gasteiger partial charge >= 0.3 is 0 Å². The number of likely N-dealkylation sites (N-methyl/N-ethyl adjacent to an activating group) is 1. The molecule has 1 saturated heterocycles.